The molecule has 1 spiro atoms. The third-order valence-electron chi connectivity index (χ3n) is 8.08. The van der Waals surface area contributed by atoms with Gasteiger partial charge >= 0.3 is 0 Å². The van der Waals surface area contributed by atoms with E-state index in [-0.39, 0.29) is 24.3 Å². The van der Waals surface area contributed by atoms with Gasteiger partial charge in [-0.15, -0.1) is 0 Å². The van der Waals surface area contributed by atoms with Crippen molar-refractivity contribution in [2.75, 3.05) is 26.2 Å². The zero-order chi connectivity index (χ0) is 26.4. The van der Waals surface area contributed by atoms with Crippen LogP contribution in [-0.2, 0) is 25.7 Å². The molecule has 2 saturated heterocycles. The van der Waals surface area contributed by atoms with Gasteiger partial charge in [0.15, 0.2) is 0 Å². The molecular formula is C29H37N3O5. The summed E-state index contributed by atoms with van der Waals surface area (Å²) >= 11 is 0. The van der Waals surface area contributed by atoms with Crippen LogP contribution in [0.2, 0.25) is 0 Å². The molecule has 1 unspecified atom stereocenters. The lowest BCUT2D eigenvalue weighted by molar-refractivity contribution is -0.151. The van der Waals surface area contributed by atoms with Crippen LogP contribution in [0.3, 0.4) is 0 Å². The van der Waals surface area contributed by atoms with Gasteiger partial charge in [0.05, 0.1) is 17.9 Å². The zero-order valence-electron chi connectivity index (χ0n) is 21.9. The molecule has 2 fully saturated rings. The Morgan fingerprint density at radius 1 is 1.00 bits per heavy atom. The van der Waals surface area contributed by atoms with Crippen LogP contribution < -0.4 is 0 Å². The fraction of sp³-hybridized carbons (Fsp3) is 0.552. The van der Waals surface area contributed by atoms with Gasteiger partial charge in [-0.05, 0) is 39.2 Å². The van der Waals surface area contributed by atoms with Crippen LogP contribution in [0.1, 0.15) is 39.2 Å². The van der Waals surface area contributed by atoms with Gasteiger partial charge in [0.25, 0.3) is 0 Å². The molecule has 0 aliphatic carbocycles. The summed E-state index contributed by atoms with van der Waals surface area (Å²) in [7, 11) is 0. The summed E-state index contributed by atoms with van der Waals surface area (Å²) in [5.41, 5.74) is -0.642. The highest BCUT2D eigenvalue weighted by Gasteiger charge is 2.71. The SMILES string of the molecule is CC(C)(C)N1CC=C[C@]23O[C@@H]4C=CCN(Cc5ccccc5)C(=O)[C@@H]4[C@H]2C(=O)N(CCCCO)C3C1=O. The second kappa shape index (κ2) is 9.72. The molecule has 3 amide bonds. The third kappa shape index (κ3) is 4.30. The van der Waals surface area contributed by atoms with Crippen LogP contribution >= 0.6 is 0 Å². The number of aliphatic hydroxyl groups excluding tert-OH is 1. The molecule has 8 heteroatoms. The molecule has 198 valence electrons. The molecule has 0 radical (unpaired) electrons. The average Bonchev–Trinajstić information content (AvgIpc) is 3.16. The molecule has 4 aliphatic rings. The molecule has 0 aromatic heterocycles. The van der Waals surface area contributed by atoms with E-state index >= 15 is 0 Å². The fourth-order valence-corrected chi connectivity index (χ4v) is 6.37. The second-order valence-electron chi connectivity index (χ2n) is 11.5. The van der Waals surface area contributed by atoms with Crippen molar-refractivity contribution in [3.8, 4) is 0 Å². The number of rotatable bonds is 6. The topological polar surface area (TPSA) is 90.4 Å². The van der Waals surface area contributed by atoms with E-state index in [4.69, 9.17) is 4.74 Å². The molecule has 4 aliphatic heterocycles. The first-order valence-corrected chi connectivity index (χ1v) is 13.3. The Labute approximate surface area is 218 Å². The number of nitrogens with zero attached hydrogens (tertiary/aromatic N) is 3. The minimum absolute atomic E-state index is 0.0160. The van der Waals surface area contributed by atoms with Crippen LogP contribution in [0.4, 0.5) is 0 Å². The first-order valence-electron chi connectivity index (χ1n) is 13.3. The first-order chi connectivity index (χ1) is 17.7. The van der Waals surface area contributed by atoms with Gasteiger partial charge in [-0.2, -0.15) is 0 Å². The molecule has 5 rings (SSSR count). The lowest BCUT2D eigenvalue weighted by Crippen LogP contribution is -2.58. The predicted octanol–water partition coefficient (Wildman–Crippen LogP) is 2.14. The Hall–Kier alpha value is -2.97. The number of hydrogen-bond acceptors (Lipinski definition) is 5. The normalized spacial score (nSPS) is 31.4. The fourth-order valence-electron chi connectivity index (χ4n) is 6.37. The number of carbonyl (C=O) groups excluding carboxylic acids is 3. The highest BCUT2D eigenvalue weighted by molar-refractivity contribution is 6.00. The van der Waals surface area contributed by atoms with Gasteiger partial charge in [-0.25, -0.2) is 0 Å². The van der Waals surface area contributed by atoms with E-state index in [0.717, 1.165) is 5.56 Å². The van der Waals surface area contributed by atoms with Crippen LogP contribution in [0.25, 0.3) is 0 Å². The Morgan fingerprint density at radius 3 is 2.46 bits per heavy atom. The summed E-state index contributed by atoms with van der Waals surface area (Å²) in [5.74, 6) is -1.99. The predicted molar refractivity (Wildman–Crippen MR) is 138 cm³/mol. The number of carbonyl (C=O) groups is 3. The largest absolute Gasteiger partial charge is 0.396 e. The average molecular weight is 508 g/mol. The van der Waals surface area contributed by atoms with Crippen LogP contribution in [0.5, 0.6) is 0 Å². The van der Waals surface area contributed by atoms with E-state index < -0.39 is 35.1 Å². The molecule has 37 heavy (non-hydrogen) atoms. The molecule has 0 bridgehead atoms. The van der Waals surface area contributed by atoms with Crippen LogP contribution in [0, 0.1) is 11.8 Å². The molecule has 0 saturated carbocycles. The highest BCUT2D eigenvalue weighted by atomic mass is 16.5. The quantitative estimate of drug-likeness (QED) is 0.471. The standard InChI is InChI=1S/C29H37N3O5/c1-28(2,3)32-17-10-14-29-23(26(35)31(16-7-8-18-33)24(29)27(32)36)22-21(37-29)13-9-15-30(25(22)34)19-20-11-5-4-6-12-20/h4-6,9-14,21-24,33H,7-8,15-19H2,1-3H3/t21-,22+,23+,24?,29+/m1/s1. The smallest absolute Gasteiger partial charge is 0.249 e. The third-order valence-corrected chi connectivity index (χ3v) is 8.08. The minimum Gasteiger partial charge on any atom is -0.396 e. The Bertz CT molecular complexity index is 1110. The van der Waals surface area contributed by atoms with E-state index in [9.17, 15) is 19.5 Å². The summed E-state index contributed by atoms with van der Waals surface area (Å²) in [6, 6.07) is 8.96. The molecule has 8 nitrogen and oxygen atoms in total. The highest BCUT2D eigenvalue weighted by Crippen LogP contribution is 2.53. The first kappa shape index (κ1) is 25.7. The van der Waals surface area contributed by atoms with Crippen molar-refractivity contribution in [1.82, 2.24) is 14.7 Å². The lowest BCUT2D eigenvalue weighted by Gasteiger charge is -2.40. The molecule has 5 atom stereocenters. The number of hydrogen-bond donors (Lipinski definition) is 1. The molecule has 1 N–H and O–H groups in total. The van der Waals surface area contributed by atoms with E-state index in [1.807, 2.05) is 75.4 Å². The lowest BCUT2D eigenvalue weighted by atomic mass is 9.77. The maximum Gasteiger partial charge on any atom is 0.249 e. The van der Waals surface area contributed by atoms with Crippen molar-refractivity contribution in [3.63, 3.8) is 0 Å². The number of aliphatic hydroxyl groups is 1. The number of unbranched alkanes of at least 4 members (excludes halogenated alkanes) is 1. The summed E-state index contributed by atoms with van der Waals surface area (Å²) in [4.78, 5) is 47.4. The maximum absolute atomic E-state index is 14.1. The summed E-state index contributed by atoms with van der Waals surface area (Å²) in [6.07, 6.45) is 8.14. The van der Waals surface area contributed by atoms with Gasteiger partial charge in [0.2, 0.25) is 17.7 Å². The number of benzene rings is 1. The second-order valence-corrected chi connectivity index (χ2v) is 11.5. The Kier molecular flexibility index (Phi) is 6.75. The van der Waals surface area contributed by atoms with Crippen molar-refractivity contribution in [3.05, 3.63) is 60.2 Å². The number of ether oxygens (including phenoxy) is 1. The molecule has 1 aromatic carbocycles. The number of amides is 3. The van der Waals surface area contributed by atoms with E-state index in [1.165, 1.54) is 0 Å². The maximum atomic E-state index is 14.1. The molecule has 4 heterocycles. The van der Waals surface area contributed by atoms with Gasteiger partial charge in [0.1, 0.15) is 11.6 Å². The molecule has 1 aromatic rings. The minimum atomic E-state index is -1.21. The Morgan fingerprint density at radius 2 is 1.76 bits per heavy atom. The van der Waals surface area contributed by atoms with Crippen molar-refractivity contribution in [2.24, 2.45) is 11.8 Å². The molecular weight excluding hydrogens is 470 g/mol. The zero-order valence-corrected chi connectivity index (χ0v) is 21.9. The summed E-state index contributed by atoms with van der Waals surface area (Å²) in [6.45, 7) is 7.58. The van der Waals surface area contributed by atoms with Crippen molar-refractivity contribution < 1.29 is 24.2 Å². The Balaban J connectivity index is 1.54. The number of fused-ring (bicyclic) bond motifs is 2. The van der Waals surface area contributed by atoms with Crippen LogP contribution in [-0.4, -0.2) is 87.1 Å². The van der Waals surface area contributed by atoms with E-state index in [0.29, 0.717) is 39.0 Å². The van der Waals surface area contributed by atoms with Crippen LogP contribution in [0.15, 0.2) is 54.6 Å². The summed E-state index contributed by atoms with van der Waals surface area (Å²) in [5, 5.41) is 9.34. The van der Waals surface area contributed by atoms with E-state index in [2.05, 4.69) is 0 Å². The van der Waals surface area contributed by atoms with E-state index in [1.54, 1.807) is 14.7 Å². The number of likely N-dealkylation sites (tertiary alicyclic amines) is 1. The monoisotopic (exact) mass is 507 g/mol. The van der Waals surface area contributed by atoms with Gasteiger partial charge in [-0.1, -0.05) is 54.6 Å². The van der Waals surface area contributed by atoms with Crippen molar-refractivity contribution in [2.45, 2.75) is 63.4 Å². The van der Waals surface area contributed by atoms with Crippen molar-refractivity contribution >= 4 is 17.7 Å². The van der Waals surface area contributed by atoms with Gasteiger partial charge in [-0.3, -0.25) is 14.4 Å². The summed E-state index contributed by atoms with van der Waals surface area (Å²) < 4.78 is 6.67. The van der Waals surface area contributed by atoms with Crippen molar-refractivity contribution in [1.29, 1.82) is 0 Å². The van der Waals surface area contributed by atoms with Gasteiger partial charge in [0, 0.05) is 38.3 Å². The van der Waals surface area contributed by atoms with Gasteiger partial charge < -0.3 is 24.5 Å².